The van der Waals surface area contributed by atoms with Gasteiger partial charge in [-0.2, -0.15) is 0 Å². The van der Waals surface area contributed by atoms with Gasteiger partial charge in [0.1, 0.15) is 5.52 Å². The van der Waals surface area contributed by atoms with Crippen LogP contribution in [0.25, 0.3) is 32.6 Å². The number of rotatable bonds is 0. The van der Waals surface area contributed by atoms with Gasteiger partial charge in [-0.1, -0.05) is 54.6 Å². The van der Waals surface area contributed by atoms with Crippen LogP contribution >= 0.6 is 0 Å². The van der Waals surface area contributed by atoms with Crippen molar-refractivity contribution in [3.63, 3.8) is 0 Å². The third-order valence-corrected chi connectivity index (χ3v) is 3.35. The van der Waals surface area contributed by atoms with E-state index >= 15 is 0 Å². The van der Waals surface area contributed by atoms with Crippen LogP contribution in [-0.2, 0) is 0 Å². The molecule has 1 aromatic heterocycles. The zero-order valence-electron chi connectivity index (χ0n) is 9.67. The van der Waals surface area contributed by atoms with Gasteiger partial charge in [0.15, 0.2) is 0 Å². The van der Waals surface area contributed by atoms with Crippen LogP contribution < -0.4 is 0 Å². The van der Waals surface area contributed by atoms with Gasteiger partial charge in [0.05, 0.1) is 5.52 Å². The van der Waals surface area contributed by atoms with E-state index in [-0.39, 0.29) is 0 Å². The van der Waals surface area contributed by atoms with Crippen LogP contribution in [0.15, 0.2) is 60.7 Å². The first-order valence-electron chi connectivity index (χ1n) is 5.96. The molecule has 2 nitrogen and oxygen atoms in total. The van der Waals surface area contributed by atoms with Crippen LogP contribution in [0.1, 0.15) is 0 Å². The maximum absolute atomic E-state index is 4.39. The Morgan fingerprint density at radius 3 is 2.28 bits per heavy atom. The highest BCUT2D eigenvalue weighted by Gasteiger charge is 2.05. The zero-order chi connectivity index (χ0) is 11.9. The number of fused-ring (bicyclic) bond motifs is 5. The van der Waals surface area contributed by atoms with Crippen LogP contribution in [0, 0.1) is 0 Å². The molecule has 2 heteroatoms. The van der Waals surface area contributed by atoms with Crippen LogP contribution in [0.4, 0.5) is 0 Å². The Hall–Kier alpha value is -2.48. The Balaban J connectivity index is 2.31. The van der Waals surface area contributed by atoms with Crippen molar-refractivity contribution in [2.45, 2.75) is 0 Å². The lowest BCUT2D eigenvalue weighted by Crippen LogP contribution is -1.88. The maximum atomic E-state index is 4.39. The standard InChI is InChI=1S/C16H10N2/c1-2-6-12-11(5-1)9-10-14-13-7-3-4-8-15(13)17-18-16(12)14/h1-10H. The zero-order valence-corrected chi connectivity index (χ0v) is 9.67. The van der Waals surface area contributed by atoms with E-state index in [1.165, 1.54) is 10.8 Å². The van der Waals surface area contributed by atoms with Gasteiger partial charge >= 0.3 is 0 Å². The van der Waals surface area contributed by atoms with Crippen molar-refractivity contribution in [2.24, 2.45) is 0 Å². The van der Waals surface area contributed by atoms with Crippen molar-refractivity contribution < 1.29 is 0 Å². The van der Waals surface area contributed by atoms with Crippen LogP contribution in [0.2, 0.25) is 0 Å². The summed E-state index contributed by atoms with van der Waals surface area (Å²) in [5.41, 5.74) is 1.92. The van der Waals surface area contributed by atoms with E-state index in [1.807, 2.05) is 30.3 Å². The van der Waals surface area contributed by atoms with Gasteiger partial charge < -0.3 is 0 Å². The molecule has 0 amide bonds. The molecule has 4 aromatic rings. The molecule has 0 atom stereocenters. The van der Waals surface area contributed by atoms with E-state index in [0.29, 0.717) is 0 Å². The Bertz CT molecular complexity index is 806. The molecular weight excluding hydrogens is 220 g/mol. The Labute approximate surface area is 104 Å². The highest BCUT2D eigenvalue weighted by molar-refractivity contribution is 6.13. The molecule has 84 valence electrons. The molecular formula is C16H10N2. The lowest BCUT2D eigenvalue weighted by atomic mass is 10.0. The van der Waals surface area contributed by atoms with Gasteiger partial charge in [-0.3, -0.25) is 0 Å². The molecule has 0 aliphatic rings. The molecule has 3 aromatic carbocycles. The quantitative estimate of drug-likeness (QED) is 0.428. The minimum atomic E-state index is 0.945. The minimum absolute atomic E-state index is 0.945. The fraction of sp³-hybridized carbons (Fsp3) is 0. The first-order valence-corrected chi connectivity index (χ1v) is 5.96. The summed E-state index contributed by atoms with van der Waals surface area (Å²) in [4.78, 5) is 0. The molecule has 0 aliphatic heterocycles. The van der Waals surface area contributed by atoms with Gasteiger partial charge in [0.25, 0.3) is 0 Å². The van der Waals surface area contributed by atoms with Gasteiger partial charge in [-0.15, -0.1) is 10.2 Å². The van der Waals surface area contributed by atoms with Crippen molar-refractivity contribution in [1.82, 2.24) is 10.2 Å². The van der Waals surface area contributed by atoms with E-state index < -0.39 is 0 Å². The summed E-state index contributed by atoms with van der Waals surface area (Å²) in [7, 11) is 0. The fourth-order valence-corrected chi connectivity index (χ4v) is 2.47. The average Bonchev–Trinajstić information content (AvgIpc) is 2.46. The Kier molecular flexibility index (Phi) is 1.86. The predicted octanol–water partition coefficient (Wildman–Crippen LogP) is 3.94. The normalized spacial score (nSPS) is 11.3. The number of benzene rings is 3. The molecule has 0 radical (unpaired) electrons. The summed E-state index contributed by atoms with van der Waals surface area (Å²) in [5, 5.41) is 13.4. The molecule has 0 fully saturated rings. The van der Waals surface area contributed by atoms with E-state index in [4.69, 9.17) is 0 Å². The summed E-state index contributed by atoms with van der Waals surface area (Å²) >= 11 is 0. The number of hydrogen-bond acceptors (Lipinski definition) is 2. The van der Waals surface area contributed by atoms with Gasteiger partial charge in [-0.05, 0) is 11.5 Å². The smallest absolute Gasteiger partial charge is 0.101 e. The molecule has 4 rings (SSSR count). The van der Waals surface area contributed by atoms with Crippen molar-refractivity contribution >= 4 is 32.6 Å². The average molecular weight is 230 g/mol. The van der Waals surface area contributed by atoms with Crippen molar-refractivity contribution in [2.75, 3.05) is 0 Å². The molecule has 1 heterocycles. The van der Waals surface area contributed by atoms with Gasteiger partial charge in [-0.25, -0.2) is 0 Å². The van der Waals surface area contributed by atoms with Gasteiger partial charge in [0.2, 0.25) is 0 Å². The lowest BCUT2D eigenvalue weighted by Gasteiger charge is -2.05. The minimum Gasteiger partial charge on any atom is -0.150 e. The molecule has 18 heavy (non-hydrogen) atoms. The van der Waals surface area contributed by atoms with Crippen molar-refractivity contribution in [3.05, 3.63) is 60.7 Å². The molecule has 0 saturated heterocycles. The van der Waals surface area contributed by atoms with Crippen LogP contribution in [0.3, 0.4) is 0 Å². The molecule has 0 aliphatic carbocycles. The predicted molar refractivity (Wildman–Crippen MR) is 74.6 cm³/mol. The van der Waals surface area contributed by atoms with Crippen LogP contribution in [-0.4, -0.2) is 10.2 Å². The van der Waals surface area contributed by atoms with Crippen molar-refractivity contribution in [1.29, 1.82) is 0 Å². The Morgan fingerprint density at radius 1 is 0.556 bits per heavy atom. The second-order valence-electron chi connectivity index (χ2n) is 4.40. The van der Waals surface area contributed by atoms with E-state index in [1.54, 1.807) is 0 Å². The molecule has 0 N–H and O–H groups in total. The highest BCUT2D eigenvalue weighted by Crippen LogP contribution is 2.27. The third kappa shape index (κ3) is 1.23. The third-order valence-electron chi connectivity index (χ3n) is 3.35. The molecule has 0 spiro atoms. The lowest BCUT2D eigenvalue weighted by molar-refractivity contribution is 1.13. The summed E-state index contributed by atoms with van der Waals surface area (Å²) < 4.78 is 0. The summed E-state index contributed by atoms with van der Waals surface area (Å²) in [6, 6.07) is 20.7. The molecule has 0 saturated carbocycles. The SMILES string of the molecule is c1ccc2c(c1)ccc1c3ccccc3nnc21. The largest absolute Gasteiger partial charge is 0.150 e. The first kappa shape index (κ1) is 9.54. The van der Waals surface area contributed by atoms with E-state index in [9.17, 15) is 0 Å². The number of nitrogens with zero attached hydrogens (tertiary/aromatic N) is 2. The van der Waals surface area contributed by atoms with Gasteiger partial charge in [0, 0.05) is 16.2 Å². The monoisotopic (exact) mass is 230 g/mol. The Morgan fingerprint density at radius 2 is 1.33 bits per heavy atom. The topological polar surface area (TPSA) is 25.8 Å². The number of aromatic nitrogens is 2. The maximum Gasteiger partial charge on any atom is 0.101 e. The number of hydrogen-bond donors (Lipinski definition) is 0. The second-order valence-corrected chi connectivity index (χ2v) is 4.40. The fourth-order valence-electron chi connectivity index (χ4n) is 2.47. The van der Waals surface area contributed by atoms with Crippen LogP contribution in [0.5, 0.6) is 0 Å². The summed E-state index contributed by atoms with van der Waals surface area (Å²) in [6.07, 6.45) is 0. The van der Waals surface area contributed by atoms with E-state index in [0.717, 1.165) is 21.8 Å². The first-order chi connectivity index (χ1) is 8.93. The second kappa shape index (κ2) is 3.50. The van der Waals surface area contributed by atoms with Crippen molar-refractivity contribution in [3.8, 4) is 0 Å². The van der Waals surface area contributed by atoms with E-state index in [2.05, 4.69) is 40.5 Å². The summed E-state index contributed by atoms with van der Waals surface area (Å²) in [6.45, 7) is 0. The molecule has 0 unspecified atom stereocenters. The molecule has 0 bridgehead atoms. The summed E-state index contributed by atoms with van der Waals surface area (Å²) in [5.74, 6) is 0. The highest BCUT2D eigenvalue weighted by atomic mass is 15.1.